The summed E-state index contributed by atoms with van der Waals surface area (Å²) in [5.74, 6) is 0.308. The molecule has 0 radical (unpaired) electrons. The van der Waals surface area contributed by atoms with Gasteiger partial charge >= 0.3 is 0 Å². The molecule has 0 saturated heterocycles. The smallest absolute Gasteiger partial charge is 0.137 e. The maximum absolute atomic E-state index is 9.23. The number of aryl methyl sites for hydroxylation is 2. The molecule has 0 spiro atoms. The van der Waals surface area contributed by atoms with Gasteiger partial charge in [0.25, 0.3) is 0 Å². The van der Waals surface area contributed by atoms with Crippen LogP contribution in [-0.2, 0) is 6.42 Å². The van der Waals surface area contributed by atoms with E-state index in [1.165, 1.54) is 0 Å². The van der Waals surface area contributed by atoms with Gasteiger partial charge in [-0.25, -0.2) is 0 Å². The number of aromatic hydroxyl groups is 1. The van der Waals surface area contributed by atoms with E-state index in [-0.39, 0.29) is 0 Å². The third kappa shape index (κ3) is 1.26. The Morgan fingerprint density at radius 2 is 2.30 bits per heavy atom. The van der Waals surface area contributed by atoms with Crippen LogP contribution in [0, 0.1) is 6.92 Å². The number of rotatable bonds is 1. The van der Waals surface area contributed by atoms with Crippen LogP contribution in [0.3, 0.4) is 0 Å². The zero-order valence-electron chi connectivity index (χ0n) is 6.26. The van der Waals surface area contributed by atoms with Crippen LogP contribution in [0.2, 0.25) is 0 Å². The molecule has 1 heterocycles. The van der Waals surface area contributed by atoms with Crippen molar-refractivity contribution in [2.24, 2.45) is 0 Å². The van der Waals surface area contributed by atoms with Crippen molar-refractivity contribution < 1.29 is 5.11 Å². The molecule has 2 heteroatoms. The summed E-state index contributed by atoms with van der Waals surface area (Å²) in [7, 11) is 0. The molecule has 0 amide bonds. The normalized spacial score (nSPS) is 9.80. The molecule has 0 aliphatic heterocycles. The maximum atomic E-state index is 9.23. The Labute approximate surface area is 60.5 Å². The van der Waals surface area contributed by atoms with Gasteiger partial charge in [0.2, 0.25) is 0 Å². The van der Waals surface area contributed by atoms with Gasteiger partial charge in [-0.15, -0.1) is 0 Å². The first-order chi connectivity index (χ1) is 4.74. The maximum Gasteiger partial charge on any atom is 0.137 e. The van der Waals surface area contributed by atoms with Crippen LogP contribution in [0.25, 0.3) is 0 Å². The van der Waals surface area contributed by atoms with Gasteiger partial charge in [0.1, 0.15) is 5.75 Å². The fourth-order valence-electron chi connectivity index (χ4n) is 0.855. The fourth-order valence-corrected chi connectivity index (χ4v) is 0.855. The summed E-state index contributed by atoms with van der Waals surface area (Å²) >= 11 is 0. The van der Waals surface area contributed by atoms with Crippen LogP contribution < -0.4 is 0 Å². The van der Waals surface area contributed by atoms with Gasteiger partial charge < -0.3 is 5.11 Å². The zero-order valence-corrected chi connectivity index (χ0v) is 6.26. The van der Waals surface area contributed by atoms with E-state index >= 15 is 0 Å². The van der Waals surface area contributed by atoms with Gasteiger partial charge in [-0.05, 0) is 25.0 Å². The minimum atomic E-state index is 0.308. The average molecular weight is 137 g/mol. The van der Waals surface area contributed by atoms with Crippen molar-refractivity contribution in [2.45, 2.75) is 20.3 Å². The van der Waals surface area contributed by atoms with Gasteiger partial charge in [-0.3, -0.25) is 4.98 Å². The third-order valence-corrected chi connectivity index (χ3v) is 1.42. The molecule has 0 saturated carbocycles. The Morgan fingerprint density at radius 3 is 2.80 bits per heavy atom. The van der Waals surface area contributed by atoms with Gasteiger partial charge in [-0.1, -0.05) is 6.92 Å². The van der Waals surface area contributed by atoms with Crippen LogP contribution >= 0.6 is 0 Å². The van der Waals surface area contributed by atoms with Gasteiger partial charge in [0.05, 0.1) is 5.69 Å². The molecule has 1 aromatic heterocycles. The molecule has 10 heavy (non-hydrogen) atoms. The second-order valence-electron chi connectivity index (χ2n) is 2.33. The molecule has 0 unspecified atom stereocenters. The van der Waals surface area contributed by atoms with Crippen LogP contribution in [0.1, 0.15) is 18.2 Å². The van der Waals surface area contributed by atoms with Crippen molar-refractivity contribution in [3.8, 4) is 5.75 Å². The van der Waals surface area contributed by atoms with E-state index in [4.69, 9.17) is 0 Å². The van der Waals surface area contributed by atoms with Crippen LogP contribution in [-0.4, -0.2) is 10.1 Å². The fraction of sp³-hybridized carbons (Fsp3) is 0.375. The van der Waals surface area contributed by atoms with E-state index in [1.807, 2.05) is 13.8 Å². The summed E-state index contributed by atoms with van der Waals surface area (Å²) in [6, 6.07) is 1.73. The summed E-state index contributed by atoms with van der Waals surface area (Å²) in [4.78, 5) is 4.05. The molecule has 0 aliphatic carbocycles. The predicted molar refractivity (Wildman–Crippen MR) is 40.0 cm³/mol. The highest BCUT2D eigenvalue weighted by atomic mass is 16.3. The van der Waals surface area contributed by atoms with E-state index in [1.54, 1.807) is 12.3 Å². The number of pyridine rings is 1. The van der Waals surface area contributed by atoms with Crippen LogP contribution in [0.5, 0.6) is 5.75 Å². The van der Waals surface area contributed by atoms with E-state index in [9.17, 15) is 5.11 Å². The largest absolute Gasteiger partial charge is 0.506 e. The molecule has 2 nitrogen and oxygen atoms in total. The number of hydrogen-bond acceptors (Lipinski definition) is 2. The Morgan fingerprint density at radius 1 is 1.60 bits per heavy atom. The van der Waals surface area contributed by atoms with Crippen molar-refractivity contribution in [3.05, 3.63) is 23.5 Å². The first-order valence-electron chi connectivity index (χ1n) is 3.38. The molecule has 1 aromatic rings. The molecular formula is C8H11NO. The van der Waals surface area contributed by atoms with E-state index in [0.29, 0.717) is 5.75 Å². The first-order valence-corrected chi connectivity index (χ1v) is 3.38. The van der Waals surface area contributed by atoms with Gasteiger partial charge in [0.15, 0.2) is 0 Å². The average Bonchev–Trinajstić information content (AvgIpc) is 1.88. The second kappa shape index (κ2) is 2.69. The summed E-state index contributed by atoms with van der Waals surface area (Å²) in [5.41, 5.74) is 1.76. The monoisotopic (exact) mass is 137 g/mol. The lowest BCUT2D eigenvalue weighted by molar-refractivity contribution is 0.464. The second-order valence-corrected chi connectivity index (χ2v) is 2.33. The minimum absolute atomic E-state index is 0.308. The third-order valence-electron chi connectivity index (χ3n) is 1.42. The standard InChI is InChI=1S/C8H11NO/c1-3-7-8(10)4-6(2)5-9-7/h4-5,10H,3H2,1-2H3. The van der Waals surface area contributed by atoms with E-state index in [0.717, 1.165) is 17.7 Å². The molecule has 54 valence electrons. The van der Waals surface area contributed by atoms with Crippen molar-refractivity contribution in [1.29, 1.82) is 0 Å². The lowest BCUT2D eigenvalue weighted by Crippen LogP contribution is -1.87. The topological polar surface area (TPSA) is 33.1 Å². The SMILES string of the molecule is CCc1ncc(C)cc1O. The van der Waals surface area contributed by atoms with E-state index < -0.39 is 0 Å². The van der Waals surface area contributed by atoms with Gasteiger partial charge in [0, 0.05) is 6.20 Å². The highest BCUT2D eigenvalue weighted by Crippen LogP contribution is 2.14. The van der Waals surface area contributed by atoms with Crippen molar-refractivity contribution in [2.75, 3.05) is 0 Å². The number of hydrogen-bond donors (Lipinski definition) is 1. The lowest BCUT2D eigenvalue weighted by atomic mass is 10.2. The molecule has 1 rings (SSSR count). The highest BCUT2D eigenvalue weighted by molar-refractivity contribution is 5.29. The van der Waals surface area contributed by atoms with Crippen LogP contribution in [0.15, 0.2) is 12.3 Å². The molecule has 1 N–H and O–H groups in total. The van der Waals surface area contributed by atoms with Gasteiger partial charge in [-0.2, -0.15) is 0 Å². The lowest BCUT2D eigenvalue weighted by Gasteiger charge is -1.99. The molecular weight excluding hydrogens is 126 g/mol. The summed E-state index contributed by atoms with van der Waals surface area (Å²) < 4.78 is 0. The summed E-state index contributed by atoms with van der Waals surface area (Å²) in [6.07, 6.45) is 2.55. The van der Waals surface area contributed by atoms with Crippen molar-refractivity contribution in [3.63, 3.8) is 0 Å². The first kappa shape index (κ1) is 7.06. The van der Waals surface area contributed by atoms with Crippen molar-refractivity contribution in [1.82, 2.24) is 4.98 Å². The van der Waals surface area contributed by atoms with E-state index in [2.05, 4.69) is 4.98 Å². The quantitative estimate of drug-likeness (QED) is 0.638. The Kier molecular flexibility index (Phi) is 1.90. The number of aromatic nitrogens is 1. The Hall–Kier alpha value is -1.05. The Bertz CT molecular complexity index is 233. The van der Waals surface area contributed by atoms with Crippen molar-refractivity contribution >= 4 is 0 Å². The summed E-state index contributed by atoms with van der Waals surface area (Å²) in [5, 5.41) is 9.23. The molecule has 0 bridgehead atoms. The molecule has 0 fully saturated rings. The molecule has 0 aliphatic rings. The zero-order chi connectivity index (χ0) is 7.56. The predicted octanol–water partition coefficient (Wildman–Crippen LogP) is 1.66. The van der Waals surface area contributed by atoms with Crippen LogP contribution in [0.4, 0.5) is 0 Å². The summed E-state index contributed by atoms with van der Waals surface area (Å²) in [6.45, 7) is 3.88. The molecule has 0 atom stereocenters. The minimum Gasteiger partial charge on any atom is -0.506 e. The number of nitrogens with zero attached hydrogens (tertiary/aromatic N) is 1. The highest BCUT2D eigenvalue weighted by Gasteiger charge is 1.97. The molecule has 0 aromatic carbocycles. The Balaban J connectivity index is 3.07.